The molecule has 0 bridgehead atoms. The monoisotopic (exact) mass is 362 g/mol. The summed E-state index contributed by atoms with van der Waals surface area (Å²) in [6, 6.07) is 13.0. The molecule has 2 aromatic rings. The van der Waals surface area contributed by atoms with E-state index < -0.39 is 11.8 Å². The van der Waals surface area contributed by atoms with Crippen molar-refractivity contribution in [2.45, 2.75) is 13.5 Å². The summed E-state index contributed by atoms with van der Waals surface area (Å²) in [6.07, 6.45) is 0. The third-order valence-corrected chi connectivity index (χ3v) is 4.83. The van der Waals surface area contributed by atoms with Crippen LogP contribution in [0.2, 0.25) is 10.0 Å². The molecule has 24 heavy (non-hydrogen) atoms. The Hall–Kier alpha value is -2.04. The van der Waals surface area contributed by atoms with Crippen LogP contribution in [0.3, 0.4) is 0 Å². The van der Waals surface area contributed by atoms with Crippen LogP contribution in [0.5, 0.6) is 0 Å². The molecule has 1 fully saturated rings. The van der Waals surface area contributed by atoms with Crippen molar-refractivity contribution < 1.29 is 9.59 Å². The van der Waals surface area contributed by atoms with Gasteiger partial charge in [0, 0.05) is 19.6 Å². The minimum absolute atomic E-state index is 0.285. The largest absolute Gasteiger partial charge is 0.328 e. The molecular formula is C18H16Cl2N2O2. The van der Waals surface area contributed by atoms with Crippen LogP contribution >= 0.6 is 23.2 Å². The fraction of sp³-hybridized carbons (Fsp3) is 0.222. The van der Waals surface area contributed by atoms with Gasteiger partial charge in [-0.2, -0.15) is 0 Å². The molecule has 0 aromatic heterocycles. The third-order valence-electron chi connectivity index (χ3n) is 4.02. The van der Waals surface area contributed by atoms with Crippen LogP contribution in [0.15, 0.2) is 42.5 Å². The Morgan fingerprint density at radius 3 is 2.38 bits per heavy atom. The quantitative estimate of drug-likeness (QED) is 0.781. The maximum atomic E-state index is 12.5. The first kappa shape index (κ1) is 16.8. The topological polar surface area (TPSA) is 40.6 Å². The minimum Gasteiger partial charge on any atom is -0.328 e. The van der Waals surface area contributed by atoms with Gasteiger partial charge in [-0.1, -0.05) is 59.1 Å². The summed E-state index contributed by atoms with van der Waals surface area (Å²) < 4.78 is 0. The molecule has 4 nitrogen and oxygen atoms in total. The standard InChI is InChI=1S/C18H16Cl2N2O2/c1-12-5-7-13(8-6-12)11-21-9-10-22(18(24)17(21)23)15-4-2-3-14(19)16(15)20/h2-8H,9-11H2,1H3. The highest BCUT2D eigenvalue weighted by atomic mass is 35.5. The van der Waals surface area contributed by atoms with Crippen molar-refractivity contribution in [2.75, 3.05) is 18.0 Å². The van der Waals surface area contributed by atoms with Crippen LogP contribution in [0.4, 0.5) is 5.69 Å². The number of piperazine rings is 1. The molecule has 0 spiro atoms. The van der Waals surface area contributed by atoms with Gasteiger partial charge in [-0.15, -0.1) is 0 Å². The zero-order chi connectivity index (χ0) is 17.3. The molecular weight excluding hydrogens is 347 g/mol. The van der Waals surface area contributed by atoms with E-state index in [-0.39, 0.29) is 5.02 Å². The number of amides is 2. The van der Waals surface area contributed by atoms with E-state index in [0.29, 0.717) is 30.3 Å². The van der Waals surface area contributed by atoms with E-state index in [1.807, 2.05) is 31.2 Å². The van der Waals surface area contributed by atoms with E-state index in [0.717, 1.165) is 11.1 Å². The van der Waals surface area contributed by atoms with Crippen molar-refractivity contribution in [3.05, 3.63) is 63.6 Å². The fourth-order valence-corrected chi connectivity index (χ4v) is 3.07. The van der Waals surface area contributed by atoms with Crippen molar-refractivity contribution in [2.24, 2.45) is 0 Å². The Bertz CT molecular complexity index is 790. The van der Waals surface area contributed by atoms with Crippen LogP contribution < -0.4 is 4.90 Å². The van der Waals surface area contributed by atoms with Crippen molar-refractivity contribution in [1.29, 1.82) is 0 Å². The first-order valence-corrected chi connectivity index (χ1v) is 8.33. The third kappa shape index (κ3) is 3.25. The van der Waals surface area contributed by atoms with Gasteiger partial charge in [-0.05, 0) is 24.6 Å². The van der Waals surface area contributed by atoms with Gasteiger partial charge in [-0.25, -0.2) is 0 Å². The van der Waals surface area contributed by atoms with Gasteiger partial charge in [0.15, 0.2) is 0 Å². The molecule has 2 aromatic carbocycles. The number of aryl methyl sites for hydroxylation is 1. The Balaban J connectivity index is 1.77. The van der Waals surface area contributed by atoms with Gasteiger partial charge in [-0.3, -0.25) is 9.59 Å². The number of carbonyl (C=O) groups is 2. The molecule has 6 heteroatoms. The molecule has 1 heterocycles. The predicted octanol–water partition coefficient (Wildman–Crippen LogP) is 3.68. The number of anilines is 1. The highest BCUT2D eigenvalue weighted by Crippen LogP contribution is 2.33. The highest BCUT2D eigenvalue weighted by molar-refractivity contribution is 6.46. The van der Waals surface area contributed by atoms with Crippen LogP contribution in [0, 0.1) is 6.92 Å². The maximum Gasteiger partial charge on any atom is 0.316 e. The van der Waals surface area contributed by atoms with Gasteiger partial charge < -0.3 is 9.80 Å². The second kappa shape index (κ2) is 6.83. The lowest BCUT2D eigenvalue weighted by molar-refractivity contribution is -0.146. The van der Waals surface area contributed by atoms with Gasteiger partial charge in [0.25, 0.3) is 0 Å². The Labute approximate surface area is 150 Å². The maximum absolute atomic E-state index is 12.5. The number of hydrogen-bond acceptors (Lipinski definition) is 2. The normalized spacial score (nSPS) is 15.1. The Morgan fingerprint density at radius 2 is 1.67 bits per heavy atom. The van der Waals surface area contributed by atoms with Crippen LogP contribution in [0.1, 0.15) is 11.1 Å². The summed E-state index contributed by atoms with van der Waals surface area (Å²) in [5.41, 5.74) is 2.62. The molecule has 1 saturated heterocycles. The molecule has 1 aliphatic rings. The van der Waals surface area contributed by atoms with Crippen LogP contribution in [-0.4, -0.2) is 29.8 Å². The molecule has 0 unspecified atom stereocenters. The molecule has 0 radical (unpaired) electrons. The SMILES string of the molecule is Cc1ccc(CN2CCN(c3cccc(Cl)c3Cl)C(=O)C2=O)cc1. The first-order valence-electron chi connectivity index (χ1n) is 7.57. The van der Waals surface area contributed by atoms with E-state index in [2.05, 4.69) is 0 Å². The summed E-state index contributed by atoms with van der Waals surface area (Å²) in [5.74, 6) is -1.12. The number of rotatable bonds is 3. The van der Waals surface area contributed by atoms with Crippen LogP contribution in [0.25, 0.3) is 0 Å². The van der Waals surface area contributed by atoms with E-state index in [4.69, 9.17) is 23.2 Å². The van der Waals surface area contributed by atoms with Crippen molar-refractivity contribution in [3.63, 3.8) is 0 Å². The zero-order valence-electron chi connectivity index (χ0n) is 13.1. The summed E-state index contributed by atoms with van der Waals surface area (Å²) in [6.45, 7) is 3.26. The van der Waals surface area contributed by atoms with E-state index in [9.17, 15) is 9.59 Å². The molecule has 124 valence electrons. The van der Waals surface area contributed by atoms with Crippen molar-refractivity contribution in [3.8, 4) is 0 Å². The van der Waals surface area contributed by atoms with Gasteiger partial charge in [0.2, 0.25) is 0 Å². The van der Waals surface area contributed by atoms with Crippen LogP contribution in [-0.2, 0) is 16.1 Å². The Kier molecular flexibility index (Phi) is 4.78. The zero-order valence-corrected chi connectivity index (χ0v) is 14.6. The number of nitrogens with zero attached hydrogens (tertiary/aromatic N) is 2. The molecule has 0 aliphatic carbocycles. The van der Waals surface area contributed by atoms with Crippen molar-refractivity contribution >= 4 is 40.7 Å². The van der Waals surface area contributed by atoms with E-state index >= 15 is 0 Å². The molecule has 3 rings (SSSR count). The lowest BCUT2D eigenvalue weighted by Crippen LogP contribution is -2.54. The van der Waals surface area contributed by atoms with Gasteiger partial charge >= 0.3 is 11.8 Å². The van der Waals surface area contributed by atoms with Gasteiger partial charge in [0.1, 0.15) is 0 Å². The lowest BCUT2D eigenvalue weighted by Gasteiger charge is -2.34. The second-order valence-electron chi connectivity index (χ2n) is 5.74. The summed E-state index contributed by atoms with van der Waals surface area (Å²) in [4.78, 5) is 27.9. The second-order valence-corrected chi connectivity index (χ2v) is 6.53. The summed E-state index contributed by atoms with van der Waals surface area (Å²) >= 11 is 12.2. The Morgan fingerprint density at radius 1 is 0.958 bits per heavy atom. The molecule has 1 aliphatic heterocycles. The summed E-state index contributed by atoms with van der Waals surface area (Å²) in [5, 5.41) is 0.642. The minimum atomic E-state index is -0.586. The smallest absolute Gasteiger partial charge is 0.316 e. The van der Waals surface area contributed by atoms with Crippen molar-refractivity contribution in [1.82, 2.24) is 4.90 Å². The number of benzene rings is 2. The highest BCUT2D eigenvalue weighted by Gasteiger charge is 2.34. The van der Waals surface area contributed by atoms with E-state index in [1.54, 1.807) is 23.1 Å². The number of hydrogen-bond donors (Lipinski definition) is 0. The van der Waals surface area contributed by atoms with Gasteiger partial charge in [0.05, 0.1) is 15.7 Å². The predicted molar refractivity (Wildman–Crippen MR) is 95.4 cm³/mol. The molecule has 0 saturated carbocycles. The average Bonchev–Trinajstić information content (AvgIpc) is 2.57. The lowest BCUT2D eigenvalue weighted by atomic mass is 10.1. The average molecular weight is 363 g/mol. The first-order chi connectivity index (χ1) is 11.5. The number of halogens is 2. The molecule has 2 amide bonds. The number of carbonyl (C=O) groups excluding carboxylic acids is 2. The summed E-state index contributed by atoms with van der Waals surface area (Å²) in [7, 11) is 0. The fourth-order valence-electron chi connectivity index (χ4n) is 2.67. The van der Waals surface area contributed by atoms with E-state index in [1.165, 1.54) is 4.90 Å². The molecule has 0 N–H and O–H groups in total. The molecule has 0 atom stereocenters.